The first-order valence-corrected chi connectivity index (χ1v) is 10.4. The molecule has 2 aromatic heterocycles. The highest BCUT2D eigenvalue weighted by atomic mass is 19.1. The average Bonchev–Trinajstić information content (AvgIpc) is 3.11. The third-order valence-electron chi connectivity index (χ3n) is 4.97. The second-order valence-electron chi connectivity index (χ2n) is 7.41. The third kappa shape index (κ3) is 5.69. The Balaban J connectivity index is 1.45. The van der Waals surface area contributed by atoms with Crippen LogP contribution in [0.1, 0.15) is 12.3 Å². The molecule has 1 atom stereocenters. The number of anilines is 1. The molecule has 0 aliphatic carbocycles. The van der Waals surface area contributed by atoms with E-state index in [-0.39, 0.29) is 39.1 Å². The van der Waals surface area contributed by atoms with Gasteiger partial charge in [0.2, 0.25) is 5.89 Å². The average molecular weight is 457 g/mol. The number of pyridine rings is 1. The summed E-state index contributed by atoms with van der Waals surface area (Å²) < 4.78 is 36.6. The summed E-state index contributed by atoms with van der Waals surface area (Å²) in [5.41, 5.74) is 7.49. The number of aromatic nitrogens is 3. The molecule has 1 aliphatic rings. The summed E-state index contributed by atoms with van der Waals surface area (Å²) in [5, 5.41) is 7.71. The summed E-state index contributed by atoms with van der Waals surface area (Å²) in [6, 6.07) is 8.34. The van der Waals surface area contributed by atoms with Crippen LogP contribution in [-0.4, -0.2) is 60.5 Å². The van der Waals surface area contributed by atoms with Gasteiger partial charge in [-0.2, -0.15) is 0 Å². The van der Waals surface area contributed by atoms with Crippen molar-refractivity contribution in [2.24, 2.45) is 5.73 Å². The first-order chi connectivity index (χ1) is 16.0. The normalized spacial score (nSPS) is 16.5. The third-order valence-corrected chi connectivity index (χ3v) is 4.97. The van der Waals surface area contributed by atoms with Crippen molar-refractivity contribution in [2.75, 3.05) is 38.1 Å². The van der Waals surface area contributed by atoms with Gasteiger partial charge in [0.05, 0.1) is 6.42 Å². The largest absolute Gasteiger partial charge is 0.463 e. The van der Waals surface area contributed by atoms with E-state index in [0.29, 0.717) is 40.8 Å². The number of esters is 1. The van der Waals surface area contributed by atoms with Gasteiger partial charge in [0.1, 0.15) is 37.7 Å². The highest BCUT2D eigenvalue weighted by molar-refractivity contribution is 5.69. The van der Waals surface area contributed by atoms with E-state index in [4.69, 9.17) is 24.4 Å². The minimum Gasteiger partial charge on any atom is -0.463 e. The summed E-state index contributed by atoms with van der Waals surface area (Å²) >= 11 is 0. The summed E-state index contributed by atoms with van der Waals surface area (Å²) in [5.74, 6) is -0.0493. The first kappa shape index (κ1) is 22.8. The molecule has 3 heterocycles. The molecule has 1 fully saturated rings. The Morgan fingerprint density at radius 1 is 1.30 bits per heavy atom. The maximum atomic E-state index is 15.0. The number of nitrogens with zero attached hydrogens (tertiary/aromatic N) is 4. The lowest BCUT2D eigenvalue weighted by atomic mass is 10.1. The smallest absolute Gasteiger partial charge is 0.307 e. The minimum atomic E-state index is -0.415. The lowest BCUT2D eigenvalue weighted by Crippen LogP contribution is -2.35. The van der Waals surface area contributed by atoms with Crippen LogP contribution in [0.3, 0.4) is 0 Å². The van der Waals surface area contributed by atoms with Gasteiger partial charge in [-0.25, -0.2) is 4.39 Å². The van der Waals surface area contributed by atoms with Crippen LogP contribution in [0, 0.1) is 12.7 Å². The number of benzene rings is 1. The number of halogens is 1. The number of hydrogen-bond donors (Lipinski definition) is 1. The van der Waals surface area contributed by atoms with E-state index in [1.54, 1.807) is 37.4 Å². The van der Waals surface area contributed by atoms with Crippen molar-refractivity contribution in [3.63, 3.8) is 0 Å². The van der Waals surface area contributed by atoms with E-state index < -0.39 is 11.9 Å². The summed E-state index contributed by atoms with van der Waals surface area (Å²) in [7, 11) is 0. The van der Waals surface area contributed by atoms with Crippen molar-refractivity contribution in [1.29, 1.82) is 0 Å². The highest BCUT2D eigenvalue weighted by Gasteiger charge is 2.22. The molecule has 2 N–H and O–H groups in total. The summed E-state index contributed by atoms with van der Waals surface area (Å²) in [6.45, 7) is 2.62. The van der Waals surface area contributed by atoms with E-state index >= 15 is 4.39 Å². The van der Waals surface area contributed by atoms with Crippen LogP contribution in [0.15, 0.2) is 40.9 Å². The van der Waals surface area contributed by atoms with Crippen LogP contribution < -0.4 is 10.6 Å². The van der Waals surface area contributed by atoms with E-state index in [2.05, 4.69) is 15.2 Å². The quantitative estimate of drug-likeness (QED) is 0.528. The zero-order chi connectivity index (χ0) is 23.2. The molecule has 33 heavy (non-hydrogen) atoms. The van der Waals surface area contributed by atoms with Crippen molar-refractivity contribution in [3.8, 4) is 22.7 Å². The lowest BCUT2D eigenvalue weighted by Gasteiger charge is -2.25. The van der Waals surface area contributed by atoms with Gasteiger partial charge in [-0.15, -0.1) is 10.2 Å². The molecule has 0 spiro atoms. The number of nitrogens with two attached hydrogens (primary N) is 1. The molecule has 10 nitrogen and oxygen atoms in total. The summed E-state index contributed by atoms with van der Waals surface area (Å²) in [4.78, 5) is 17.7. The molecule has 0 saturated carbocycles. The Bertz CT molecular complexity index is 1090. The van der Waals surface area contributed by atoms with E-state index in [0.717, 1.165) is 0 Å². The number of hydrogen-bond acceptors (Lipinski definition) is 10. The van der Waals surface area contributed by atoms with Crippen molar-refractivity contribution < 1.29 is 27.8 Å². The molecular formula is C22H24FN5O5. The van der Waals surface area contributed by atoms with Crippen LogP contribution in [0.2, 0.25) is 0 Å². The van der Waals surface area contributed by atoms with Crippen molar-refractivity contribution in [3.05, 3.63) is 48.2 Å². The maximum absolute atomic E-state index is 15.0. The number of ether oxygens (including phenoxy) is 3. The number of carbonyl (C=O) groups excluding carboxylic acids is 1. The number of carbonyl (C=O) groups is 1. The van der Waals surface area contributed by atoms with E-state index in [1.807, 2.05) is 4.90 Å². The molecule has 4 rings (SSSR count). The van der Waals surface area contributed by atoms with Gasteiger partial charge in [0, 0.05) is 43.0 Å². The minimum absolute atomic E-state index is 0.0494. The predicted molar refractivity (Wildman–Crippen MR) is 115 cm³/mol. The molecule has 1 aliphatic heterocycles. The van der Waals surface area contributed by atoms with Gasteiger partial charge < -0.3 is 29.3 Å². The van der Waals surface area contributed by atoms with Gasteiger partial charge in [-0.1, -0.05) is 6.07 Å². The van der Waals surface area contributed by atoms with Gasteiger partial charge >= 0.3 is 5.97 Å². The Hall–Kier alpha value is -3.41. The Morgan fingerprint density at radius 3 is 2.88 bits per heavy atom. The van der Waals surface area contributed by atoms with Gasteiger partial charge in [0.15, 0.2) is 0 Å². The van der Waals surface area contributed by atoms with Crippen LogP contribution in [0.5, 0.6) is 0 Å². The highest BCUT2D eigenvalue weighted by Crippen LogP contribution is 2.28. The Kier molecular flexibility index (Phi) is 7.23. The van der Waals surface area contributed by atoms with Crippen LogP contribution >= 0.6 is 0 Å². The fraction of sp³-hybridized carbons (Fsp3) is 0.364. The molecule has 0 unspecified atom stereocenters. The second-order valence-corrected chi connectivity index (χ2v) is 7.41. The standard InChI is InChI=1S/C22H24FN5O5/c1-14-26-27-22(33-14)20-5-2-15(9-25-20)18-4-3-16(8-19(18)23)28-10-17(32-13-30-12-28)11-31-21(29)6-7-24/h2-5,8-9,17H,6-7,10-13,24H2,1H3/t17-/m1/s1. The maximum Gasteiger partial charge on any atom is 0.307 e. The second kappa shape index (κ2) is 10.5. The lowest BCUT2D eigenvalue weighted by molar-refractivity contribution is -0.150. The molecule has 0 amide bonds. The van der Waals surface area contributed by atoms with Crippen LogP contribution in [0.4, 0.5) is 10.1 Å². The van der Waals surface area contributed by atoms with Crippen molar-refractivity contribution in [2.45, 2.75) is 19.4 Å². The molecule has 0 bridgehead atoms. The number of aryl methyl sites for hydroxylation is 1. The van der Waals surface area contributed by atoms with E-state index in [1.165, 1.54) is 6.07 Å². The molecule has 11 heteroatoms. The Labute approximate surface area is 189 Å². The predicted octanol–water partition coefficient (Wildman–Crippen LogP) is 2.27. The molecule has 1 saturated heterocycles. The molecule has 174 valence electrons. The summed E-state index contributed by atoms with van der Waals surface area (Å²) in [6.07, 6.45) is 1.29. The van der Waals surface area contributed by atoms with Crippen molar-refractivity contribution >= 4 is 11.7 Å². The zero-order valence-corrected chi connectivity index (χ0v) is 18.1. The van der Waals surface area contributed by atoms with Gasteiger partial charge in [-0.3, -0.25) is 9.78 Å². The first-order valence-electron chi connectivity index (χ1n) is 10.4. The molecule has 3 aromatic rings. The fourth-order valence-corrected chi connectivity index (χ4v) is 3.31. The molecule has 0 radical (unpaired) electrons. The van der Waals surface area contributed by atoms with Crippen LogP contribution in [0.25, 0.3) is 22.7 Å². The van der Waals surface area contributed by atoms with Gasteiger partial charge in [0.25, 0.3) is 5.89 Å². The topological polar surface area (TPSA) is 126 Å². The number of rotatable bonds is 7. The molecular weight excluding hydrogens is 433 g/mol. The van der Waals surface area contributed by atoms with Crippen molar-refractivity contribution in [1.82, 2.24) is 15.2 Å². The van der Waals surface area contributed by atoms with Gasteiger partial charge in [-0.05, 0) is 24.3 Å². The fourth-order valence-electron chi connectivity index (χ4n) is 3.31. The zero-order valence-electron chi connectivity index (χ0n) is 18.1. The molecule has 1 aromatic carbocycles. The monoisotopic (exact) mass is 457 g/mol. The van der Waals surface area contributed by atoms with E-state index in [9.17, 15) is 4.79 Å². The van der Waals surface area contributed by atoms with Crippen LogP contribution in [-0.2, 0) is 19.0 Å². The Morgan fingerprint density at radius 2 is 2.18 bits per heavy atom. The SMILES string of the molecule is Cc1nnc(-c2ccc(-c3ccc(N4COCO[C@@H](COC(=O)CCN)C4)cc3F)cn2)o1.